The Morgan fingerprint density at radius 1 is 0.854 bits per heavy atom. The second-order valence-corrected chi connectivity index (χ2v) is 12.6. The Balaban J connectivity index is 0.00000451. The third-order valence-corrected chi connectivity index (χ3v) is 10.1. The fourth-order valence-electron chi connectivity index (χ4n) is 7.76. The number of carbonyl (C=O) groups is 4. The Morgan fingerprint density at radius 3 is 2.27 bits per heavy atom. The lowest BCUT2D eigenvalue weighted by atomic mass is 9.62. The molecule has 1 N–H and O–H groups in total. The van der Waals surface area contributed by atoms with Crippen LogP contribution in [0.5, 0.6) is 5.75 Å². The van der Waals surface area contributed by atoms with Crippen molar-refractivity contribution >= 4 is 37.2 Å². The van der Waals surface area contributed by atoms with E-state index in [0.717, 1.165) is 23.1 Å². The fourth-order valence-corrected chi connectivity index (χ4v) is 7.76. The van der Waals surface area contributed by atoms with Gasteiger partial charge in [0.25, 0.3) is 5.91 Å². The van der Waals surface area contributed by atoms with Crippen molar-refractivity contribution in [3.8, 4) is 5.75 Å². The van der Waals surface area contributed by atoms with Gasteiger partial charge in [-0.25, -0.2) is 4.79 Å². The second kappa shape index (κ2) is 15.3. The lowest BCUT2D eigenvalue weighted by Crippen LogP contribution is -2.54. The largest absolute Gasteiger partial charge is 0.496 e. The fraction of sp³-hybridized carbons (Fsp3) is 0.421. The summed E-state index contributed by atoms with van der Waals surface area (Å²) in [6, 6.07) is 24.1. The summed E-state index contributed by atoms with van der Waals surface area (Å²) in [6.45, 7) is 3.60. The number of nitrogens with one attached hydrogen (secondary N) is 1. The molecule has 3 amide bonds. The molecule has 3 aromatic rings. The Kier molecular flexibility index (Phi) is 11.1. The first-order chi connectivity index (χ1) is 22.9. The van der Waals surface area contributed by atoms with E-state index >= 15 is 0 Å². The number of para-hydroxylation sites is 1. The first kappa shape index (κ1) is 35.0. The van der Waals surface area contributed by atoms with E-state index in [0.29, 0.717) is 63.1 Å². The predicted octanol–water partition coefficient (Wildman–Crippen LogP) is 4.95. The van der Waals surface area contributed by atoms with Crippen molar-refractivity contribution in [2.24, 2.45) is 0 Å². The van der Waals surface area contributed by atoms with Crippen LogP contribution in [0.25, 0.3) is 0 Å². The number of nitrogens with zero attached hydrogens (tertiary/aromatic N) is 2. The van der Waals surface area contributed by atoms with Crippen molar-refractivity contribution in [3.05, 3.63) is 101 Å². The number of methoxy groups -OCH3 is 1. The van der Waals surface area contributed by atoms with E-state index in [9.17, 15) is 19.2 Å². The zero-order valence-corrected chi connectivity index (χ0v) is 28.7. The average Bonchev–Trinajstić information content (AvgIpc) is 3.62. The highest BCUT2D eigenvalue weighted by Gasteiger charge is 2.52. The van der Waals surface area contributed by atoms with Gasteiger partial charge in [-0.3, -0.25) is 14.4 Å². The summed E-state index contributed by atoms with van der Waals surface area (Å²) in [5, 5.41) is 3.12. The Morgan fingerprint density at radius 2 is 1.54 bits per heavy atom. The van der Waals surface area contributed by atoms with Gasteiger partial charge in [0.2, 0.25) is 11.8 Å². The molecule has 0 radical (unpaired) electrons. The molecule has 6 rings (SSSR count). The summed E-state index contributed by atoms with van der Waals surface area (Å²) in [7, 11) is 1.55. The first-order valence-corrected chi connectivity index (χ1v) is 16.7. The molecule has 3 aromatic carbocycles. The smallest absolute Gasteiger partial charge is 0.328 e. The number of hydrogen-bond acceptors (Lipinski definition) is 6. The number of piperidine rings is 1. The molecule has 3 aliphatic rings. The zero-order valence-electron chi connectivity index (χ0n) is 27.7. The Hall–Kier alpha value is -4.31. The van der Waals surface area contributed by atoms with Crippen LogP contribution >= 0.6 is 13.5 Å². The van der Waals surface area contributed by atoms with E-state index in [1.165, 1.54) is 0 Å². The molecule has 48 heavy (non-hydrogen) atoms. The van der Waals surface area contributed by atoms with Gasteiger partial charge in [0.15, 0.2) is 0 Å². The number of likely N-dealkylation sites (tertiary alicyclic amines) is 2. The third-order valence-electron chi connectivity index (χ3n) is 10.1. The molecule has 1 aliphatic carbocycles. The number of fused-ring (bicyclic) bond motifs is 1. The summed E-state index contributed by atoms with van der Waals surface area (Å²) in [5.74, 6) is -0.467. The van der Waals surface area contributed by atoms with Gasteiger partial charge in [0.05, 0.1) is 30.6 Å². The van der Waals surface area contributed by atoms with Crippen LogP contribution in [0.4, 0.5) is 0 Å². The summed E-state index contributed by atoms with van der Waals surface area (Å²) in [4.78, 5) is 58.6. The highest BCUT2D eigenvalue weighted by atomic mass is 32.1. The lowest BCUT2D eigenvalue weighted by Gasteiger charge is -2.44. The molecular formula is C38H45N3O6S. The molecule has 0 bridgehead atoms. The van der Waals surface area contributed by atoms with Gasteiger partial charge in [-0.1, -0.05) is 66.7 Å². The van der Waals surface area contributed by atoms with Crippen molar-refractivity contribution < 1.29 is 28.7 Å². The van der Waals surface area contributed by atoms with Crippen LogP contribution in [-0.4, -0.2) is 78.9 Å². The highest BCUT2D eigenvalue weighted by molar-refractivity contribution is 7.59. The average molecular weight is 672 g/mol. The molecule has 0 saturated carbocycles. The molecular weight excluding hydrogens is 627 g/mol. The van der Waals surface area contributed by atoms with E-state index in [-0.39, 0.29) is 49.8 Å². The van der Waals surface area contributed by atoms with Crippen molar-refractivity contribution in [2.45, 2.75) is 68.9 Å². The van der Waals surface area contributed by atoms with E-state index in [1.54, 1.807) is 31.1 Å². The molecule has 0 spiro atoms. The number of amides is 3. The maximum absolute atomic E-state index is 14.8. The van der Waals surface area contributed by atoms with Gasteiger partial charge in [-0.05, 0) is 74.3 Å². The van der Waals surface area contributed by atoms with Crippen LogP contribution in [0.1, 0.15) is 78.4 Å². The molecule has 2 saturated heterocycles. The molecule has 2 heterocycles. The van der Waals surface area contributed by atoms with Crippen LogP contribution in [0, 0.1) is 0 Å². The van der Waals surface area contributed by atoms with Gasteiger partial charge >= 0.3 is 5.97 Å². The minimum atomic E-state index is -1.03. The maximum atomic E-state index is 14.8. The number of ether oxygens (including phenoxy) is 2. The summed E-state index contributed by atoms with van der Waals surface area (Å²) in [5.41, 5.74) is 2.02. The van der Waals surface area contributed by atoms with Gasteiger partial charge < -0.3 is 24.6 Å². The van der Waals surface area contributed by atoms with Crippen molar-refractivity contribution in [3.63, 3.8) is 0 Å². The minimum Gasteiger partial charge on any atom is -0.496 e. The van der Waals surface area contributed by atoms with E-state index in [1.807, 2.05) is 71.6 Å². The van der Waals surface area contributed by atoms with Gasteiger partial charge in [-0.15, -0.1) is 0 Å². The van der Waals surface area contributed by atoms with Crippen LogP contribution in [0.2, 0.25) is 0 Å². The molecule has 0 aromatic heterocycles. The second-order valence-electron chi connectivity index (χ2n) is 12.6. The number of esters is 1. The maximum Gasteiger partial charge on any atom is 0.328 e. The van der Waals surface area contributed by atoms with Crippen LogP contribution < -0.4 is 10.1 Å². The monoisotopic (exact) mass is 671 g/mol. The summed E-state index contributed by atoms with van der Waals surface area (Å²) < 4.78 is 10.7. The van der Waals surface area contributed by atoms with Gasteiger partial charge in [-0.2, -0.15) is 13.5 Å². The predicted molar refractivity (Wildman–Crippen MR) is 187 cm³/mol. The summed E-state index contributed by atoms with van der Waals surface area (Å²) in [6.07, 6.45) is 3.56. The van der Waals surface area contributed by atoms with E-state index < -0.39 is 17.4 Å². The van der Waals surface area contributed by atoms with Gasteiger partial charge in [0.1, 0.15) is 11.8 Å². The van der Waals surface area contributed by atoms with Crippen molar-refractivity contribution in [1.82, 2.24) is 15.1 Å². The van der Waals surface area contributed by atoms with E-state index in [2.05, 4.69) is 5.32 Å². The quantitative estimate of drug-likeness (QED) is 0.340. The first-order valence-electron chi connectivity index (χ1n) is 16.7. The van der Waals surface area contributed by atoms with Crippen LogP contribution in [0.15, 0.2) is 78.9 Å². The standard InChI is InChI=1S/C38H43N3O6.H2S/c1-3-47-36(44)32-17-11-23-41(32)37(45)38(26-12-5-4-6-13-26)22-19-29(28-14-7-9-16-31(28)38)35(43)40-24-20-27(21-25-40)39-34(42)30-15-8-10-18-33(30)46-2;/h4-10,12-16,18,27,29,32H,3,11,17,19-25H2,1-2H3,(H,39,42);1H2/t29-,32+,38+;/m0./s1. The molecule has 254 valence electrons. The zero-order chi connectivity index (χ0) is 33.0. The minimum absolute atomic E-state index is 0. The number of carbonyl (C=O) groups excluding carboxylic acids is 4. The molecule has 9 nitrogen and oxygen atoms in total. The third kappa shape index (κ3) is 6.55. The molecule has 2 aliphatic heterocycles. The molecule has 10 heteroatoms. The Bertz CT molecular complexity index is 1630. The number of rotatable bonds is 8. The number of benzene rings is 3. The highest BCUT2D eigenvalue weighted by Crippen LogP contribution is 2.49. The topological polar surface area (TPSA) is 105 Å². The normalized spacial score (nSPS) is 22.2. The van der Waals surface area contributed by atoms with Crippen LogP contribution in [0.3, 0.4) is 0 Å². The van der Waals surface area contributed by atoms with Crippen molar-refractivity contribution in [2.75, 3.05) is 33.4 Å². The Labute approximate surface area is 289 Å². The SMILES string of the molecule is CCOC(=O)[C@H]1CCCN1C(=O)[C@@]1(c2ccccc2)CC[C@H](C(=O)N2CCC(NC(=O)c3ccccc3OC)CC2)c2ccccc21.S. The molecule has 2 fully saturated rings. The molecule has 0 unspecified atom stereocenters. The van der Waals surface area contributed by atoms with Gasteiger partial charge in [0, 0.05) is 25.7 Å². The number of hydrogen-bond donors (Lipinski definition) is 1. The summed E-state index contributed by atoms with van der Waals surface area (Å²) >= 11 is 0. The van der Waals surface area contributed by atoms with Crippen molar-refractivity contribution in [1.29, 1.82) is 0 Å². The molecule has 3 atom stereocenters. The lowest BCUT2D eigenvalue weighted by molar-refractivity contribution is -0.154. The van der Waals surface area contributed by atoms with Crippen LogP contribution in [-0.2, 0) is 24.5 Å². The van der Waals surface area contributed by atoms with E-state index in [4.69, 9.17) is 9.47 Å².